The molecule has 2 saturated carbocycles. The summed E-state index contributed by atoms with van der Waals surface area (Å²) in [5.41, 5.74) is 5.70. The van der Waals surface area contributed by atoms with Gasteiger partial charge < -0.3 is 0 Å². The lowest BCUT2D eigenvalue weighted by Crippen LogP contribution is -2.50. The van der Waals surface area contributed by atoms with Gasteiger partial charge in [0.15, 0.2) is 5.78 Å². The SMILES string of the molecule is C=C1C[C@@H]2[C@H](CC[C@]3(C)C(c4cccnc4)=CC[C@@H]23)[C@@]2(C)CCC(=O)C=C12. The minimum atomic E-state index is 0.145. The number of carbonyl (C=O) groups excluding carboxylic acids is 1. The Hall–Kier alpha value is -1.96. The van der Waals surface area contributed by atoms with Gasteiger partial charge in [0.05, 0.1) is 0 Å². The molecule has 2 fully saturated rings. The van der Waals surface area contributed by atoms with Crippen molar-refractivity contribution in [1.29, 1.82) is 0 Å². The van der Waals surface area contributed by atoms with Gasteiger partial charge in [-0.15, -0.1) is 0 Å². The van der Waals surface area contributed by atoms with E-state index >= 15 is 0 Å². The highest BCUT2D eigenvalue weighted by atomic mass is 16.1. The predicted molar refractivity (Wildman–Crippen MR) is 109 cm³/mol. The number of fused-ring (bicyclic) bond motifs is 5. The van der Waals surface area contributed by atoms with E-state index in [1.807, 2.05) is 18.5 Å². The van der Waals surface area contributed by atoms with Crippen molar-refractivity contribution < 1.29 is 4.79 Å². The minimum absolute atomic E-state index is 0.145. The standard InChI is InChI=1S/C25H29NO/c1-16-13-19-21-7-6-20(17-5-4-12-26-15-17)24(21,2)11-9-22(19)25(3)10-8-18(27)14-23(16)25/h4-6,12,14-15,19,21-22H,1,7-11,13H2,2-3H3/t19-,21-,22-,24+,25+/m0/s1. The minimum Gasteiger partial charge on any atom is -0.295 e. The molecule has 0 aliphatic heterocycles. The first-order chi connectivity index (χ1) is 12.9. The van der Waals surface area contributed by atoms with Crippen LogP contribution in [0.3, 0.4) is 0 Å². The molecule has 2 heteroatoms. The van der Waals surface area contributed by atoms with E-state index in [-0.39, 0.29) is 10.8 Å². The van der Waals surface area contributed by atoms with Crippen molar-refractivity contribution in [2.45, 2.75) is 52.4 Å². The number of pyridine rings is 1. The fraction of sp³-hybridized carbons (Fsp3) is 0.520. The molecular formula is C25H29NO. The molecule has 5 rings (SSSR count). The van der Waals surface area contributed by atoms with Crippen LogP contribution in [0.2, 0.25) is 0 Å². The molecule has 1 aromatic heterocycles. The maximum absolute atomic E-state index is 12.1. The van der Waals surface area contributed by atoms with E-state index in [9.17, 15) is 4.79 Å². The summed E-state index contributed by atoms with van der Waals surface area (Å²) in [6.45, 7) is 9.34. The second-order valence-electron chi connectivity index (χ2n) is 9.68. The van der Waals surface area contributed by atoms with E-state index in [0.717, 1.165) is 12.8 Å². The third kappa shape index (κ3) is 2.31. The Labute approximate surface area is 162 Å². The van der Waals surface area contributed by atoms with Crippen LogP contribution in [0, 0.1) is 28.6 Å². The van der Waals surface area contributed by atoms with Crippen molar-refractivity contribution in [3.05, 3.63) is 60.0 Å². The Kier molecular flexibility index (Phi) is 3.67. The fourth-order valence-electron chi connectivity index (χ4n) is 7.10. The van der Waals surface area contributed by atoms with E-state index < -0.39 is 0 Å². The summed E-state index contributed by atoms with van der Waals surface area (Å²) >= 11 is 0. The number of carbonyl (C=O) groups is 1. The van der Waals surface area contributed by atoms with Gasteiger partial charge in [0.1, 0.15) is 0 Å². The van der Waals surface area contributed by atoms with E-state index in [2.05, 4.69) is 43.6 Å². The average Bonchev–Trinajstić information content (AvgIpc) is 3.01. The molecule has 0 bridgehead atoms. The summed E-state index contributed by atoms with van der Waals surface area (Å²) in [5, 5.41) is 0. The van der Waals surface area contributed by atoms with Crippen molar-refractivity contribution in [3.8, 4) is 0 Å². The van der Waals surface area contributed by atoms with Gasteiger partial charge in [-0.1, -0.05) is 38.1 Å². The number of allylic oxidation sites excluding steroid dienone is 5. The summed E-state index contributed by atoms with van der Waals surface area (Å²) < 4.78 is 0. The second-order valence-corrected chi connectivity index (χ2v) is 9.68. The van der Waals surface area contributed by atoms with Gasteiger partial charge in [0.2, 0.25) is 0 Å². The summed E-state index contributed by atoms with van der Waals surface area (Å²) in [7, 11) is 0. The first kappa shape index (κ1) is 17.2. The van der Waals surface area contributed by atoms with Crippen molar-refractivity contribution in [3.63, 3.8) is 0 Å². The number of hydrogen-bond donors (Lipinski definition) is 0. The fourth-order valence-corrected chi connectivity index (χ4v) is 7.10. The first-order valence-corrected chi connectivity index (χ1v) is 10.5. The summed E-state index contributed by atoms with van der Waals surface area (Å²) in [6.07, 6.45) is 14.8. The smallest absolute Gasteiger partial charge is 0.156 e. The van der Waals surface area contributed by atoms with E-state index in [1.54, 1.807) is 0 Å². The molecule has 0 N–H and O–H groups in total. The first-order valence-electron chi connectivity index (χ1n) is 10.5. The highest BCUT2D eigenvalue weighted by molar-refractivity contribution is 5.92. The summed E-state index contributed by atoms with van der Waals surface area (Å²) in [6, 6.07) is 4.27. The molecule has 1 aromatic rings. The van der Waals surface area contributed by atoms with E-state index in [0.29, 0.717) is 30.0 Å². The monoisotopic (exact) mass is 359 g/mol. The number of aromatic nitrogens is 1. The lowest BCUT2D eigenvalue weighted by molar-refractivity contribution is -0.116. The highest BCUT2D eigenvalue weighted by Gasteiger charge is 2.57. The molecule has 1 heterocycles. The van der Waals surface area contributed by atoms with Crippen LogP contribution in [-0.2, 0) is 4.79 Å². The van der Waals surface area contributed by atoms with E-state index in [4.69, 9.17) is 0 Å². The van der Waals surface area contributed by atoms with Crippen LogP contribution in [0.5, 0.6) is 0 Å². The van der Waals surface area contributed by atoms with Gasteiger partial charge in [0.25, 0.3) is 0 Å². The number of hydrogen-bond acceptors (Lipinski definition) is 2. The van der Waals surface area contributed by atoms with Gasteiger partial charge in [-0.3, -0.25) is 9.78 Å². The maximum Gasteiger partial charge on any atom is 0.156 e. The van der Waals surface area contributed by atoms with Gasteiger partial charge in [-0.05, 0) is 89.5 Å². The van der Waals surface area contributed by atoms with Crippen molar-refractivity contribution >= 4 is 11.4 Å². The lowest BCUT2D eigenvalue weighted by atomic mass is 9.46. The summed E-state index contributed by atoms with van der Waals surface area (Å²) in [5.74, 6) is 2.34. The number of rotatable bonds is 1. The molecule has 0 aromatic carbocycles. The normalized spacial score (nSPS) is 40.6. The zero-order valence-corrected chi connectivity index (χ0v) is 16.5. The van der Waals surface area contributed by atoms with Crippen molar-refractivity contribution in [2.75, 3.05) is 0 Å². The maximum atomic E-state index is 12.1. The molecule has 2 nitrogen and oxygen atoms in total. The van der Waals surface area contributed by atoms with Crippen LogP contribution in [-0.4, -0.2) is 10.8 Å². The molecule has 0 saturated heterocycles. The largest absolute Gasteiger partial charge is 0.295 e. The van der Waals surface area contributed by atoms with Crippen LogP contribution in [0.1, 0.15) is 57.9 Å². The average molecular weight is 360 g/mol. The van der Waals surface area contributed by atoms with Gasteiger partial charge in [0, 0.05) is 18.8 Å². The highest BCUT2D eigenvalue weighted by Crippen LogP contribution is 2.67. The van der Waals surface area contributed by atoms with Crippen LogP contribution < -0.4 is 0 Å². The van der Waals surface area contributed by atoms with Gasteiger partial charge in [-0.25, -0.2) is 0 Å². The zero-order chi connectivity index (χ0) is 18.8. The molecular weight excluding hydrogens is 330 g/mol. The lowest BCUT2D eigenvalue weighted by Gasteiger charge is -2.58. The Morgan fingerprint density at radius 3 is 2.74 bits per heavy atom. The second kappa shape index (κ2) is 5.77. The third-order valence-electron chi connectivity index (χ3n) is 8.48. The summed E-state index contributed by atoms with van der Waals surface area (Å²) in [4.78, 5) is 16.4. The zero-order valence-electron chi connectivity index (χ0n) is 16.5. The molecule has 4 aliphatic rings. The van der Waals surface area contributed by atoms with Crippen LogP contribution >= 0.6 is 0 Å². The Bertz CT molecular complexity index is 879. The molecule has 0 amide bonds. The quantitative estimate of drug-likeness (QED) is 0.637. The van der Waals surface area contributed by atoms with Crippen LogP contribution in [0.4, 0.5) is 0 Å². The molecule has 4 aliphatic carbocycles. The number of nitrogens with zero attached hydrogens (tertiary/aromatic N) is 1. The Morgan fingerprint density at radius 1 is 1.15 bits per heavy atom. The molecule has 27 heavy (non-hydrogen) atoms. The third-order valence-corrected chi connectivity index (χ3v) is 8.48. The number of ketones is 1. The topological polar surface area (TPSA) is 30.0 Å². The molecule has 140 valence electrons. The van der Waals surface area contributed by atoms with Gasteiger partial charge in [-0.2, -0.15) is 0 Å². The Morgan fingerprint density at radius 2 is 1.96 bits per heavy atom. The molecule has 0 unspecified atom stereocenters. The van der Waals surface area contributed by atoms with E-state index in [1.165, 1.54) is 41.5 Å². The molecule has 0 spiro atoms. The Balaban J connectivity index is 1.52. The van der Waals surface area contributed by atoms with Crippen LogP contribution in [0.25, 0.3) is 5.57 Å². The van der Waals surface area contributed by atoms with Gasteiger partial charge >= 0.3 is 0 Å². The van der Waals surface area contributed by atoms with Crippen molar-refractivity contribution in [2.24, 2.45) is 28.6 Å². The predicted octanol–water partition coefficient (Wildman–Crippen LogP) is 5.77. The van der Waals surface area contributed by atoms with Crippen molar-refractivity contribution in [1.82, 2.24) is 4.98 Å². The molecule has 5 atom stereocenters. The van der Waals surface area contributed by atoms with Crippen LogP contribution in [0.15, 0.2) is 54.4 Å². The molecule has 0 radical (unpaired) electrons.